The Balaban J connectivity index is 3.24. The van der Waals surface area contributed by atoms with Crippen molar-refractivity contribution in [3.8, 4) is 11.5 Å². The Hall–Kier alpha value is -1.33. The van der Waals surface area contributed by atoms with Gasteiger partial charge in [-0.05, 0) is 18.6 Å². The van der Waals surface area contributed by atoms with E-state index in [0.717, 1.165) is 0 Å². The van der Waals surface area contributed by atoms with Crippen molar-refractivity contribution in [1.82, 2.24) is 0 Å². The maximum atomic E-state index is 13.5. The van der Waals surface area contributed by atoms with Crippen LogP contribution in [-0.2, 0) is 0 Å². The van der Waals surface area contributed by atoms with E-state index in [0.29, 0.717) is 17.7 Å². The summed E-state index contributed by atoms with van der Waals surface area (Å²) in [4.78, 5) is 0. The highest BCUT2D eigenvalue weighted by Crippen LogP contribution is 2.36. The predicted octanol–water partition coefficient (Wildman–Crippen LogP) is 1.23. The van der Waals surface area contributed by atoms with Gasteiger partial charge in [-0.15, -0.1) is 0 Å². The fourth-order valence-corrected chi connectivity index (χ4v) is 1.57. The van der Waals surface area contributed by atoms with Crippen LogP contribution in [0.2, 0.25) is 0 Å². The van der Waals surface area contributed by atoms with Gasteiger partial charge >= 0.3 is 0 Å². The molecule has 0 heterocycles. The van der Waals surface area contributed by atoms with Crippen molar-refractivity contribution in [3.05, 3.63) is 23.5 Å². The first-order valence-corrected chi connectivity index (χ1v) is 4.92. The number of aliphatic hydroxyl groups is 1. The smallest absolute Gasteiger partial charge is 0.165 e. The van der Waals surface area contributed by atoms with Crippen LogP contribution in [0.3, 0.4) is 0 Å². The third kappa shape index (κ3) is 2.43. The molecule has 1 unspecified atom stereocenters. The minimum atomic E-state index is -0.523. The zero-order chi connectivity index (χ0) is 12.1. The molecule has 3 N–H and O–H groups in total. The number of benzene rings is 1. The van der Waals surface area contributed by atoms with Crippen LogP contribution in [0.25, 0.3) is 0 Å². The van der Waals surface area contributed by atoms with E-state index in [1.807, 2.05) is 0 Å². The van der Waals surface area contributed by atoms with Crippen molar-refractivity contribution < 1.29 is 19.0 Å². The first kappa shape index (κ1) is 12.7. The number of hydrogen-bond acceptors (Lipinski definition) is 4. The number of methoxy groups -OCH3 is 2. The van der Waals surface area contributed by atoms with Crippen LogP contribution in [0.4, 0.5) is 4.39 Å². The van der Waals surface area contributed by atoms with Gasteiger partial charge < -0.3 is 20.3 Å². The second-order valence-corrected chi connectivity index (χ2v) is 3.32. The summed E-state index contributed by atoms with van der Waals surface area (Å²) in [7, 11) is 2.84. The Bertz CT molecular complexity index is 357. The number of rotatable bonds is 5. The van der Waals surface area contributed by atoms with Crippen molar-refractivity contribution in [1.29, 1.82) is 0 Å². The predicted molar refractivity (Wildman–Crippen MR) is 58.1 cm³/mol. The summed E-state index contributed by atoms with van der Waals surface area (Å²) in [6, 6.07) is 2.22. The number of halogens is 1. The lowest BCUT2D eigenvalue weighted by Crippen LogP contribution is -2.15. The molecule has 0 radical (unpaired) electrons. The largest absolute Gasteiger partial charge is 0.496 e. The minimum Gasteiger partial charge on any atom is -0.496 e. The van der Waals surface area contributed by atoms with Gasteiger partial charge in [-0.1, -0.05) is 0 Å². The number of nitrogens with two attached hydrogens (primary N) is 1. The van der Waals surface area contributed by atoms with Crippen LogP contribution in [-0.4, -0.2) is 25.9 Å². The van der Waals surface area contributed by atoms with E-state index in [-0.39, 0.29) is 12.4 Å². The van der Waals surface area contributed by atoms with E-state index in [2.05, 4.69) is 0 Å². The van der Waals surface area contributed by atoms with Crippen LogP contribution in [0, 0.1) is 5.82 Å². The van der Waals surface area contributed by atoms with Crippen LogP contribution in [0.5, 0.6) is 11.5 Å². The fraction of sp³-hybridized carbons (Fsp3) is 0.455. The van der Waals surface area contributed by atoms with Crippen LogP contribution in [0.1, 0.15) is 18.0 Å². The molecule has 90 valence electrons. The molecule has 16 heavy (non-hydrogen) atoms. The quantitative estimate of drug-likeness (QED) is 0.797. The zero-order valence-corrected chi connectivity index (χ0v) is 9.37. The van der Waals surface area contributed by atoms with Gasteiger partial charge in [0.2, 0.25) is 0 Å². The Labute approximate surface area is 93.8 Å². The monoisotopic (exact) mass is 229 g/mol. The Morgan fingerprint density at radius 3 is 2.56 bits per heavy atom. The van der Waals surface area contributed by atoms with Gasteiger partial charge in [-0.3, -0.25) is 0 Å². The third-order valence-electron chi connectivity index (χ3n) is 2.34. The van der Waals surface area contributed by atoms with Gasteiger partial charge in [0.05, 0.1) is 19.8 Å². The molecule has 0 fully saturated rings. The highest BCUT2D eigenvalue weighted by molar-refractivity contribution is 5.47. The average Bonchev–Trinajstić information content (AvgIpc) is 2.28. The SMILES string of the molecule is COc1ccc(F)c(OC)c1C(N)CCO. The van der Waals surface area contributed by atoms with E-state index < -0.39 is 11.9 Å². The van der Waals surface area contributed by atoms with Gasteiger partial charge in [-0.2, -0.15) is 0 Å². The molecule has 0 saturated carbocycles. The molecular formula is C11H16FNO3. The summed E-state index contributed by atoms with van der Waals surface area (Å²) in [5, 5.41) is 8.84. The summed E-state index contributed by atoms with van der Waals surface area (Å²) in [5.41, 5.74) is 6.28. The topological polar surface area (TPSA) is 64.7 Å². The molecular weight excluding hydrogens is 213 g/mol. The Kier molecular flexibility index (Phi) is 4.52. The highest BCUT2D eigenvalue weighted by Gasteiger charge is 2.20. The van der Waals surface area contributed by atoms with Crippen LogP contribution in [0.15, 0.2) is 12.1 Å². The lowest BCUT2D eigenvalue weighted by molar-refractivity contribution is 0.272. The Morgan fingerprint density at radius 1 is 1.38 bits per heavy atom. The van der Waals surface area contributed by atoms with Crippen molar-refractivity contribution >= 4 is 0 Å². The fourth-order valence-electron chi connectivity index (χ4n) is 1.57. The number of ether oxygens (including phenoxy) is 2. The lowest BCUT2D eigenvalue weighted by atomic mass is 10.0. The first-order valence-electron chi connectivity index (χ1n) is 4.92. The molecule has 5 heteroatoms. The molecule has 0 aromatic heterocycles. The van der Waals surface area contributed by atoms with Gasteiger partial charge in [0.1, 0.15) is 5.75 Å². The molecule has 1 rings (SSSR count). The molecule has 0 amide bonds. The van der Waals surface area contributed by atoms with Crippen molar-refractivity contribution in [3.63, 3.8) is 0 Å². The van der Waals surface area contributed by atoms with E-state index in [9.17, 15) is 4.39 Å². The molecule has 0 aliphatic rings. The van der Waals surface area contributed by atoms with E-state index in [1.54, 1.807) is 0 Å². The zero-order valence-electron chi connectivity index (χ0n) is 9.37. The van der Waals surface area contributed by atoms with E-state index in [4.69, 9.17) is 20.3 Å². The van der Waals surface area contributed by atoms with Gasteiger partial charge in [0.15, 0.2) is 11.6 Å². The van der Waals surface area contributed by atoms with Crippen molar-refractivity contribution in [2.75, 3.05) is 20.8 Å². The Morgan fingerprint density at radius 2 is 2.06 bits per heavy atom. The summed E-state index contributed by atoms with van der Waals surface area (Å²) in [6.07, 6.45) is 0.316. The second-order valence-electron chi connectivity index (χ2n) is 3.32. The molecule has 0 aliphatic heterocycles. The van der Waals surface area contributed by atoms with Crippen molar-refractivity contribution in [2.45, 2.75) is 12.5 Å². The van der Waals surface area contributed by atoms with Crippen LogP contribution < -0.4 is 15.2 Å². The molecule has 1 atom stereocenters. The van der Waals surface area contributed by atoms with Gasteiger partial charge in [-0.25, -0.2) is 4.39 Å². The van der Waals surface area contributed by atoms with Gasteiger partial charge in [0, 0.05) is 12.6 Å². The summed E-state index contributed by atoms with van der Waals surface area (Å²) in [5.74, 6) is 0.0335. The number of aliphatic hydroxyl groups excluding tert-OH is 1. The molecule has 4 nitrogen and oxygen atoms in total. The molecule has 1 aromatic carbocycles. The first-order chi connectivity index (χ1) is 7.65. The molecule has 0 aliphatic carbocycles. The summed E-state index contributed by atoms with van der Waals surface area (Å²) >= 11 is 0. The lowest BCUT2D eigenvalue weighted by Gasteiger charge is -2.18. The third-order valence-corrected chi connectivity index (χ3v) is 2.34. The molecule has 1 aromatic rings. The molecule has 0 spiro atoms. The standard InChI is InChI=1S/C11H16FNO3/c1-15-9-4-3-7(12)11(16-2)10(9)8(13)5-6-14/h3-4,8,14H,5-6,13H2,1-2H3. The van der Waals surface area contributed by atoms with E-state index >= 15 is 0 Å². The van der Waals surface area contributed by atoms with Crippen LogP contribution >= 0.6 is 0 Å². The van der Waals surface area contributed by atoms with Crippen molar-refractivity contribution in [2.24, 2.45) is 5.73 Å². The maximum Gasteiger partial charge on any atom is 0.165 e. The second kappa shape index (κ2) is 5.67. The molecule has 0 bridgehead atoms. The van der Waals surface area contributed by atoms with Gasteiger partial charge in [0.25, 0.3) is 0 Å². The average molecular weight is 229 g/mol. The summed E-state index contributed by atoms with van der Waals surface area (Å²) in [6.45, 7) is -0.0794. The van der Waals surface area contributed by atoms with E-state index in [1.165, 1.54) is 26.4 Å². The normalized spacial score (nSPS) is 12.3. The molecule has 0 saturated heterocycles. The summed E-state index contributed by atoms with van der Waals surface area (Å²) < 4.78 is 23.5. The maximum absolute atomic E-state index is 13.5. The number of hydrogen-bond donors (Lipinski definition) is 2. The highest BCUT2D eigenvalue weighted by atomic mass is 19.1. The minimum absolute atomic E-state index is 0.0697.